The lowest BCUT2D eigenvalue weighted by atomic mass is 10.2. The van der Waals surface area contributed by atoms with Gasteiger partial charge in [0.05, 0.1) is 12.8 Å². The van der Waals surface area contributed by atoms with Crippen molar-refractivity contribution in [1.82, 2.24) is 5.43 Å². The van der Waals surface area contributed by atoms with E-state index >= 15 is 0 Å². The van der Waals surface area contributed by atoms with Crippen molar-refractivity contribution in [2.45, 2.75) is 26.4 Å². The molecular formula is C27H28FN3O3. The first-order chi connectivity index (χ1) is 16.6. The monoisotopic (exact) mass is 461 g/mol. The zero-order valence-corrected chi connectivity index (χ0v) is 19.2. The van der Waals surface area contributed by atoms with E-state index < -0.39 is 0 Å². The van der Waals surface area contributed by atoms with E-state index in [0.717, 1.165) is 29.9 Å². The summed E-state index contributed by atoms with van der Waals surface area (Å²) < 4.78 is 24.9. The van der Waals surface area contributed by atoms with Gasteiger partial charge in [-0.2, -0.15) is 5.10 Å². The van der Waals surface area contributed by atoms with Crippen molar-refractivity contribution >= 4 is 17.8 Å². The number of halogens is 1. The maximum atomic E-state index is 13.4. The summed E-state index contributed by atoms with van der Waals surface area (Å²) in [6.07, 6.45) is 3.97. The van der Waals surface area contributed by atoms with Crippen LogP contribution in [0.5, 0.6) is 11.5 Å². The van der Waals surface area contributed by atoms with Gasteiger partial charge in [0, 0.05) is 24.3 Å². The summed E-state index contributed by atoms with van der Waals surface area (Å²) in [4.78, 5) is 14.7. The lowest BCUT2D eigenvalue weighted by Crippen LogP contribution is -2.19. The smallest absolute Gasteiger partial charge is 0.271 e. The SMILES string of the molecule is CCOc1cc(/C=N\NC(=O)c2ccc(N3CCCC3)cc2)ccc1OCc1cccc(F)c1. The minimum atomic E-state index is -0.303. The predicted molar refractivity (Wildman–Crippen MR) is 131 cm³/mol. The molecule has 1 aliphatic heterocycles. The number of nitrogens with zero attached hydrogens (tertiary/aromatic N) is 2. The number of ether oxygens (including phenoxy) is 2. The van der Waals surface area contributed by atoms with Crippen molar-refractivity contribution in [3.63, 3.8) is 0 Å². The van der Waals surface area contributed by atoms with Gasteiger partial charge in [0.15, 0.2) is 11.5 Å². The molecule has 0 saturated carbocycles. The van der Waals surface area contributed by atoms with Gasteiger partial charge in [0.1, 0.15) is 12.4 Å². The quantitative estimate of drug-likeness (QED) is 0.353. The summed E-state index contributed by atoms with van der Waals surface area (Å²) in [6.45, 7) is 4.69. The van der Waals surface area contributed by atoms with Crippen molar-refractivity contribution in [1.29, 1.82) is 0 Å². The van der Waals surface area contributed by atoms with Crippen LogP contribution in [0.1, 0.15) is 41.3 Å². The predicted octanol–water partition coefficient (Wildman–Crippen LogP) is 5.17. The molecule has 1 amide bonds. The number of hydrazone groups is 1. The van der Waals surface area contributed by atoms with Crippen LogP contribution in [0.2, 0.25) is 0 Å². The van der Waals surface area contributed by atoms with Gasteiger partial charge in [-0.15, -0.1) is 0 Å². The highest BCUT2D eigenvalue weighted by atomic mass is 19.1. The van der Waals surface area contributed by atoms with E-state index in [1.54, 1.807) is 30.5 Å². The summed E-state index contributed by atoms with van der Waals surface area (Å²) in [7, 11) is 0. The summed E-state index contributed by atoms with van der Waals surface area (Å²) >= 11 is 0. The van der Waals surface area contributed by atoms with Crippen LogP contribution in [-0.4, -0.2) is 31.8 Å². The lowest BCUT2D eigenvalue weighted by Gasteiger charge is -2.17. The third-order valence-electron chi connectivity index (χ3n) is 5.53. The zero-order chi connectivity index (χ0) is 23.8. The first kappa shape index (κ1) is 23.3. The number of rotatable bonds is 9. The fraction of sp³-hybridized carbons (Fsp3) is 0.259. The van der Waals surface area contributed by atoms with Crippen molar-refractivity contribution in [2.24, 2.45) is 5.10 Å². The van der Waals surface area contributed by atoms with E-state index in [2.05, 4.69) is 15.4 Å². The molecule has 1 N–H and O–H groups in total. The fourth-order valence-electron chi connectivity index (χ4n) is 3.81. The standard InChI is InChI=1S/C27H28FN3O3/c1-2-33-26-17-20(8-13-25(26)34-19-21-6-5-7-23(28)16-21)18-29-30-27(32)22-9-11-24(12-10-22)31-14-3-4-15-31/h5-13,16-18H,2-4,14-15,19H2,1H3,(H,30,32)/b29-18-. The maximum Gasteiger partial charge on any atom is 0.271 e. The highest BCUT2D eigenvalue weighted by Crippen LogP contribution is 2.29. The Morgan fingerprint density at radius 2 is 1.82 bits per heavy atom. The van der Waals surface area contributed by atoms with Gasteiger partial charge in [0.2, 0.25) is 0 Å². The molecule has 4 rings (SSSR count). The molecule has 34 heavy (non-hydrogen) atoms. The molecule has 1 heterocycles. The Kier molecular flexibility index (Phi) is 7.75. The van der Waals surface area contributed by atoms with Crippen molar-refractivity contribution in [2.75, 3.05) is 24.6 Å². The third kappa shape index (κ3) is 6.13. The Labute approximate surface area is 199 Å². The Hall–Kier alpha value is -3.87. The Morgan fingerprint density at radius 1 is 1.03 bits per heavy atom. The summed E-state index contributed by atoms with van der Waals surface area (Å²) in [5.74, 6) is 0.517. The number of carbonyl (C=O) groups excluding carboxylic acids is 1. The molecule has 1 fully saturated rings. The van der Waals surface area contributed by atoms with Gasteiger partial charge < -0.3 is 14.4 Å². The highest BCUT2D eigenvalue weighted by molar-refractivity contribution is 5.95. The Bertz CT molecular complexity index is 1140. The van der Waals surface area contributed by atoms with Gasteiger partial charge >= 0.3 is 0 Å². The van der Waals surface area contributed by atoms with Gasteiger partial charge in [-0.1, -0.05) is 12.1 Å². The van der Waals surface area contributed by atoms with Crippen molar-refractivity contribution in [3.8, 4) is 11.5 Å². The second kappa shape index (κ2) is 11.3. The molecule has 0 atom stereocenters. The van der Waals surface area contributed by atoms with Crippen molar-refractivity contribution < 1.29 is 18.7 Å². The van der Waals surface area contributed by atoms with Gasteiger partial charge in [-0.25, -0.2) is 9.82 Å². The molecule has 0 bridgehead atoms. The molecule has 3 aromatic rings. The molecule has 7 heteroatoms. The van der Waals surface area contributed by atoms with Gasteiger partial charge in [-0.3, -0.25) is 4.79 Å². The van der Waals surface area contributed by atoms with Crippen LogP contribution >= 0.6 is 0 Å². The van der Waals surface area contributed by atoms with Crippen LogP contribution in [0.4, 0.5) is 10.1 Å². The molecule has 0 radical (unpaired) electrons. The van der Waals surface area contributed by atoms with E-state index in [1.165, 1.54) is 25.0 Å². The zero-order valence-electron chi connectivity index (χ0n) is 19.2. The second-order valence-electron chi connectivity index (χ2n) is 8.00. The number of amides is 1. The molecule has 176 valence electrons. The van der Waals surface area contributed by atoms with E-state index in [1.807, 2.05) is 37.3 Å². The third-order valence-corrected chi connectivity index (χ3v) is 5.53. The van der Waals surface area contributed by atoms with Crippen molar-refractivity contribution in [3.05, 3.63) is 89.2 Å². The van der Waals surface area contributed by atoms with Crippen LogP contribution < -0.4 is 19.8 Å². The average Bonchev–Trinajstić information content (AvgIpc) is 3.39. The normalized spacial score (nSPS) is 13.3. The molecule has 0 spiro atoms. The largest absolute Gasteiger partial charge is 0.490 e. The highest BCUT2D eigenvalue weighted by Gasteiger charge is 2.13. The van der Waals surface area contributed by atoms with E-state index in [-0.39, 0.29) is 18.3 Å². The summed E-state index contributed by atoms with van der Waals surface area (Å²) in [6, 6.07) is 19.2. The summed E-state index contributed by atoms with van der Waals surface area (Å²) in [5, 5.41) is 4.08. The summed E-state index contributed by atoms with van der Waals surface area (Å²) in [5.41, 5.74) is 5.72. The van der Waals surface area contributed by atoms with E-state index in [4.69, 9.17) is 9.47 Å². The van der Waals surface area contributed by atoms with E-state index in [0.29, 0.717) is 23.7 Å². The molecule has 0 aliphatic carbocycles. The topological polar surface area (TPSA) is 63.2 Å². The van der Waals surface area contributed by atoms with Crippen LogP contribution in [0.25, 0.3) is 0 Å². The molecule has 3 aromatic carbocycles. The van der Waals surface area contributed by atoms with E-state index in [9.17, 15) is 9.18 Å². The molecule has 0 unspecified atom stereocenters. The molecular weight excluding hydrogens is 433 g/mol. The Balaban J connectivity index is 1.36. The first-order valence-corrected chi connectivity index (χ1v) is 11.4. The minimum Gasteiger partial charge on any atom is -0.490 e. The number of nitrogens with one attached hydrogen (secondary N) is 1. The van der Waals surface area contributed by atoms with Gasteiger partial charge in [-0.05, 0) is 85.5 Å². The van der Waals surface area contributed by atoms with Crippen LogP contribution in [0.3, 0.4) is 0 Å². The lowest BCUT2D eigenvalue weighted by molar-refractivity contribution is 0.0955. The second-order valence-corrected chi connectivity index (χ2v) is 8.00. The van der Waals surface area contributed by atoms with Crippen LogP contribution in [0.15, 0.2) is 71.8 Å². The van der Waals surface area contributed by atoms with Crippen LogP contribution in [-0.2, 0) is 6.61 Å². The average molecular weight is 462 g/mol. The number of hydrogen-bond acceptors (Lipinski definition) is 5. The minimum absolute atomic E-state index is 0.220. The first-order valence-electron chi connectivity index (χ1n) is 11.4. The molecule has 0 aromatic heterocycles. The molecule has 6 nitrogen and oxygen atoms in total. The van der Waals surface area contributed by atoms with Gasteiger partial charge in [0.25, 0.3) is 5.91 Å². The number of carbonyl (C=O) groups is 1. The maximum absolute atomic E-state index is 13.4. The molecule has 1 aliphatic rings. The van der Waals surface area contributed by atoms with Crippen LogP contribution in [0, 0.1) is 5.82 Å². The number of benzene rings is 3. The fourth-order valence-corrected chi connectivity index (χ4v) is 3.81. The number of anilines is 1. The molecule has 1 saturated heterocycles. The Morgan fingerprint density at radius 3 is 2.56 bits per heavy atom. The number of hydrogen-bond donors (Lipinski definition) is 1.